The van der Waals surface area contributed by atoms with Crippen LogP contribution in [-0.2, 0) is 0 Å². The van der Waals surface area contributed by atoms with Gasteiger partial charge in [0.25, 0.3) is 0 Å². The fourth-order valence-corrected chi connectivity index (χ4v) is 10.5. The Bertz CT molecular complexity index is 446. The van der Waals surface area contributed by atoms with Gasteiger partial charge in [0.05, 0.1) is 0 Å². The zero-order valence-electron chi connectivity index (χ0n) is 19.5. The molecule has 0 heterocycles. The number of hydrogen-bond acceptors (Lipinski definition) is 3. The minimum atomic E-state index is -1.24. The van der Waals surface area contributed by atoms with Gasteiger partial charge in [-0.15, -0.1) is 0 Å². The molecule has 160 valence electrons. The van der Waals surface area contributed by atoms with Crippen LogP contribution in [0, 0.1) is 0 Å². The lowest BCUT2D eigenvalue weighted by atomic mass is 10.3. The molecule has 0 saturated heterocycles. The summed E-state index contributed by atoms with van der Waals surface area (Å²) in [5, 5.41) is 0.730. The standard InChI is InChI=1S/C19H42ClN5P2/c1-13(2)23(14(3)4)26(20)19(22-21)27(24(15(5)6)16(7)8)25(17(9)10)18(11)12/h13-18H,1-12H3. The molecule has 0 amide bonds. The minimum Gasteiger partial charge on any atom is -0.361 e. The van der Waals surface area contributed by atoms with Crippen molar-refractivity contribution >= 4 is 32.1 Å². The fourth-order valence-electron chi connectivity index (χ4n) is 3.65. The summed E-state index contributed by atoms with van der Waals surface area (Å²) in [6.07, 6.45) is 0. The summed E-state index contributed by atoms with van der Waals surface area (Å²) in [5.41, 5.74) is 10.2. The SMILES string of the molecule is CC(C)N(C(C)C)P(Cl)C(=[N+]=[N-])P(N(C(C)C)C(C)C)N(C(C)C)C(C)C. The predicted molar refractivity (Wildman–Crippen MR) is 125 cm³/mol. The van der Waals surface area contributed by atoms with E-state index in [1.807, 2.05) is 0 Å². The number of nitrogens with zero attached hydrogens (tertiary/aromatic N) is 5. The Kier molecular flexibility index (Phi) is 12.4. The van der Waals surface area contributed by atoms with Gasteiger partial charge in [-0.05, 0) is 83.1 Å². The van der Waals surface area contributed by atoms with Gasteiger partial charge in [-0.1, -0.05) is 11.2 Å². The quantitative estimate of drug-likeness (QED) is 0.155. The molecule has 0 aromatic rings. The van der Waals surface area contributed by atoms with Crippen LogP contribution < -0.4 is 0 Å². The van der Waals surface area contributed by atoms with E-state index >= 15 is 0 Å². The zero-order valence-corrected chi connectivity index (χ0v) is 22.0. The molecule has 0 aliphatic rings. The monoisotopic (exact) mass is 437 g/mol. The first-order valence-electron chi connectivity index (χ1n) is 10.1. The Morgan fingerprint density at radius 2 is 0.889 bits per heavy atom. The molecule has 0 radical (unpaired) electrons. The molecule has 0 aliphatic heterocycles. The average molecular weight is 438 g/mol. The van der Waals surface area contributed by atoms with Crippen molar-refractivity contribution in [2.24, 2.45) is 0 Å². The van der Waals surface area contributed by atoms with Crippen molar-refractivity contribution in [2.75, 3.05) is 0 Å². The Balaban J connectivity index is 6.49. The summed E-state index contributed by atoms with van der Waals surface area (Å²) in [5.74, 6) is 0. The van der Waals surface area contributed by atoms with E-state index in [1.54, 1.807) is 0 Å². The Labute approximate surface area is 175 Å². The van der Waals surface area contributed by atoms with Gasteiger partial charge in [-0.25, -0.2) is 0 Å². The van der Waals surface area contributed by atoms with Crippen molar-refractivity contribution in [3.05, 3.63) is 5.53 Å². The summed E-state index contributed by atoms with van der Waals surface area (Å²) in [6.45, 7) is 26.3. The Morgan fingerprint density at radius 3 is 1.07 bits per heavy atom. The summed E-state index contributed by atoms with van der Waals surface area (Å²) in [6, 6.07) is 1.83. The minimum absolute atomic E-state index is 0.278. The summed E-state index contributed by atoms with van der Waals surface area (Å²) in [7, 11) is -2.25. The van der Waals surface area contributed by atoms with Gasteiger partial charge in [0.1, 0.15) is 0 Å². The molecule has 0 rings (SSSR count). The summed E-state index contributed by atoms with van der Waals surface area (Å²) < 4.78 is 7.22. The first-order valence-corrected chi connectivity index (χ1v) is 13.6. The first kappa shape index (κ1) is 27.4. The van der Waals surface area contributed by atoms with E-state index in [0.29, 0.717) is 24.2 Å². The van der Waals surface area contributed by atoms with Crippen molar-refractivity contribution in [3.63, 3.8) is 0 Å². The Morgan fingerprint density at radius 1 is 0.630 bits per heavy atom. The fraction of sp³-hybridized carbons (Fsp3) is 0.947. The van der Waals surface area contributed by atoms with Gasteiger partial charge in [-0.2, -0.15) is 4.79 Å². The van der Waals surface area contributed by atoms with E-state index in [0.717, 1.165) is 5.19 Å². The highest BCUT2D eigenvalue weighted by Crippen LogP contribution is 2.63. The normalized spacial score (nSPS) is 14.3. The summed E-state index contributed by atoms with van der Waals surface area (Å²) >= 11 is 7.07. The molecule has 0 N–H and O–H groups in total. The van der Waals surface area contributed by atoms with Crippen molar-refractivity contribution in [1.29, 1.82) is 0 Å². The van der Waals surface area contributed by atoms with Crippen LogP contribution in [0.3, 0.4) is 0 Å². The number of hydrogen-bond donors (Lipinski definition) is 0. The molecule has 1 atom stereocenters. The predicted octanol–water partition coefficient (Wildman–Crippen LogP) is 6.79. The van der Waals surface area contributed by atoms with Crippen LogP contribution in [0.5, 0.6) is 0 Å². The largest absolute Gasteiger partial charge is 0.366 e. The van der Waals surface area contributed by atoms with Gasteiger partial charge in [-0.3, -0.25) is 14.0 Å². The van der Waals surface area contributed by atoms with E-state index < -0.39 is 15.6 Å². The van der Waals surface area contributed by atoms with Crippen molar-refractivity contribution in [3.8, 4) is 0 Å². The average Bonchev–Trinajstić information content (AvgIpc) is 2.45. The molecule has 0 aliphatic carbocycles. The van der Waals surface area contributed by atoms with E-state index in [1.165, 1.54) is 0 Å². The summed E-state index contributed by atoms with van der Waals surface area (Å²) in [4.78, 5) is 3.86. The van der Waals surface area contributed by atoms with E-state index in [-0.39, 0.29) is 12.1 Å². The lowest BCUT2D eigenvalue weighted by Crippen LogP contribution is -2.45. The van der Waals surface area contributed by atoms with Crippen LogP contribution in [0.4, 0.5) is 0 Å². The molecular formula is C19H42ClN5P2. The van der Waals surface area contributed by atoms with Gasteiger partial charge in [0, 0.05) is 36.3 Å². The third-order valence-corrected chi connectivity index (χ3v) is 11.6. The lowest BCUT2D eigenvalue weighted by Gasteiger charge is -2.45. The van der Waals surface area contributed by atoms with Crippen LogP contribution in [-0.4, -0.2) is 60.2 Å². The van der Waals surface area contributed by atoms with Crippen LogP contribution in [0.2, 0.25) is 0 Å². The van der Waals surface area contributed by atoms with E-state index in [4.69, 9.17) is 11.2 Å². The van der Waals surface area contributed by atoms with Gasteiger partial charge in [0.2, 0.25) is 0 Å². The highest BCUT2D eigenvalue weighted by atomic mass is 35.7. The Hall–Kier alpha value is 0.410. The third kappa shape index (κ3) is 7.31. The first-order chi connectivity index (χ1) is 12.3. The van der Waals surface area contributed by atoms with Crippen molar-refractivity contribution in [1.82, 2.24) is 14.0 Å². The number of halogens is 1. The van der Waals surface area contributed by atoms with Crippen LogP contribution in [0.25, 0.3) is 5.53 Å². The van der Waals surface area contributed by atoms with Crippen molar-refractivity contribution < 1.29 is 4.79 Å². The number of rotatable bonds is 11. The third-order valence-electron chi connectivity index (χ3n) is 4.25. The van der Waals surface area contributed by atoms with Crippen molar-refractivity contribution in [2.45, 2.75) is 119 Å². The lowest BCUT2D eigenvalue weighted by molar-refractivity contribution is 0.00268. The smallest absolute Gasteiger partial charge is 0.361 e. The van der Waals surface area contributed by atoms with Gasteiger partial charge < -0.3 is 5.53 Å². The molecule has 0 saturated carbocycles. The molecule has 0 fully saturated rings. The highest BCUT2D eigenvalue weighted by molar-refractivity contribution is 8.09. The molecule has 8 heteroatoms. The second-order valence-electron chi connectivity index (χ2n) is 8.65. The maximum atomic E-state index is 10.2. The second-order valence-corrected chi connectivity index (χ2v) is 13.3. The second kappa shape index (κ2) is 12.2. The van der Waals surface area contributed by atoms with Crippen LogP contribution >= 0.6 is 26.9 Å². The highest BCUT2D eigenvalue weighted by Gasteiger charge is 2.47. The van der Waals surface area contributed by atoms with E-state index in [9.17, 15) is 5.53 Å². The molecule has 0 spiro atoms. The van der Waals surface area contributed by atoms with Gasteiger partial charge >= 0.3 is 5.19 Å². The molecule has 0 aromatic carbocycles. The maximum Gasteiger partial charge on any atom is 0.366 e. The van der Waals surface area contributed by atoms with E-state index in [2.05, 4.69) is 102 Å². The van der Waals surface area contributed by atoms with Gasteiger partial charge in [0.15, 0.2) is 15.6 Å². The van der Waals surface area contributed by atoms with Crippen LogP contribution in [0.15, 0.2) is 0 Å². The molecular weight excluding hydrogens is 396 g/mol. The molecule has 0 bridgehead atoms. The topological polar surface area (TPSA) is 46.1 Å². The molecule has 1 unspecified atom stereocenters. The van der Waals surface area contributed by atoms with Crippen LogP contribution in [0.1, 0.15) is 83.1 Å². The zero-order chi connectivity index (χ0) is 21.6. The maximum absolute atomic E-state index is 10.2. The molecule has 27 heavy (non-hydrogen) atoms. The molecule has 0 aromatic heterocycles. The molecule has 5 nitrogen and oxygen atoms in total.